The van der Waals surface area contributed by atoms with Gasteiger partial charge in [0.05, 0.1) is 11.6 Å². The Hall–Kier alpha value is -2.79. The Morgan fingerprint density at radius 2 is 2.04 bits per heavy atom. The van der Waals surface area contributed by atoms with Crippen LogP contribution in [0.25, 0.3) is 10.9 Å². The van der Waals surface area contributed by atoms with Gasteiger partial charge in [0.25, 0.3) is 5.91 Å². The fraction of sp³-hybridized carbons (Fsp3) is 0.273. The van der Waals surface area contributed by atoms with Gasteiger partial charge in [-0.25, -0.2) is 9.97 Å². The first-order valence-corrected chi connectivity index (χ1v) is 9.80. The summed E-state index contributed by atoms with van der Waals surface area (Å²) in [6.45, 7) is 0. The van der Waals surface area contributed by atoms with Crippen LogP contribution in [0.4, 0.5) is 0 Å². The third-order valence-electron chi connectivity index (χ3n) is 5.08. The van der Waals surface area contributed by atoms with Gasteiger partial charge in [0.1, 0.15) is 10.8 Å². The molecule has 5 nitrogen and oxygen atoms in total. The van der Waals surface area contributed by atoms with E-state index in [9.17, 15) is 9.59 Å². The van der Waals surface area contributed by atoms with Crippen molar-refractivity contribution in [3.05, 3.63) is 70.6 Å². The number of fused-ring (bicyclic) bond motifs is 1. The number of Topliss-reactive ketones (excluding diaryl/α,β-unsaturated/α-hetero) is 1. The highest BCUT2D eigenvalue weighted by atomic mass is 35.5. The predicted octanol–water partition coefficient (Wildman–Crippen LogP) is 4.12. The molecule has 1 aliphatic carbocycles. The SMILES string of the molecule is O=C(NC1CCCCC1=O)c1cc(Cc2ccc(Cl)nc2)c2ccccc2n1. The summed E-state index contributed by atoms with van der Waals surface area (Å²) in [7, 11) is 0. The molecule has 28 heavy (non-hydrogen) atoms. The monoisotopic (exact) mass is 393 g/mol. The zero-order chi connectivity index (χ0) is 19.5. The maximum Gasteiger partial charge on any atom is 0.270 e. The van der Waals surface area contributed by atoms with Crippen LogP contribution in [0, 0.1) is 0 Å². The van der Waals surface area contributed by atoms with E-state index in [1.54, 1.807) is 18.3 Å². The van der Waals surface area contributed by atoms with Crippen LogP contribution in [0.2, 0.25) is 5.15 Å². The Kier molecular flexibility index (Phi) is 5.35. The molecule has 1 aromatic carbocycles. The summed E-state index contributed by atoms with van der Waals surface area (Å²) in [5, 5.41) is 4.30. The number of aromatic nitrogens is 2. The molecule has 0 bridgehead atoms. The highest BCUT2D eigenvalue weighted by Gasteiger charge is 2.25. The smallest absolute Gasteiger partial charge is 0.270 e. The van der Waals surface area contributed by atoms with Crippen molar-refractivity contribution >= 4 is 34.2 Å². The van der Waals surface area contributed by atoms with Gasteiger partial charge in [0.15, 0.2) is 5.78 Å². The van der Waals surface area contributed by atoms with Crippen LogP contribution in [-0.2, 0) is 11.2 Å². The van der Waals surface area contributed by atoms with E-state index in [1.165, 1.54) is 0 Å². The van der Waals surface area contributed by atoms with Crippen molar-refractivity contribution in [2.45, 2.75) is 38.1 Å². The standard InChI is InChI=1S/C22H20ClN3O2/c23-21-10-9-14(13-24-21)11-15-12-19(25-17-6-2-1-5-16(15)17)22(28)26-18-7-3-4-8-20(18)27/h1-2,5-6,9-10,12-13,18H,3-4,7-8,11H2,(H,26,28). The van der Waals surface area contributed by atoms with Crippen LogP contribution in [0.1, 0.15) is 47.3 Å². The lowest BCUT2D eigenvalue weighted by Crippen LogP contribution is -2.42. The molecule has 1 unspecified atom stereocenters. The summed E-state index contributed by atoms with van der Waals surface area (Å²) in [6, 6.07) is 12.8. The van der Waals surface area contributed by atoms with Crippen molar-refractivity contribution < 1.29 is 9.59 Å². The first-order valence-electron chi connectivity index (χ1n) is 9.43. The molecule has 0 spiro atoms. The highest BCUT2D eigenvalue weighted by Crippen LogP contribution is 2.22. The van der Waals surface area contributed by atoms with Crippen molar-refractivity contribution in [2.24, 2.45) is 0 Å². The van der Waals surface area contributed by atoms with Gasteiger partial charge in [-0.1, -0.05) is 42.3 Å². The van der Waals surface area contributed by atoms with E-state index in [-0.39, 0.29) is 11.7 Å². The number of benzene rings is 1. The first kappa shape index (κ1) is 18.6. The van der Waals surface area contributed by atoms with Gasteiger partial charge in [0.2, 0.25) is 0 Å². The number of ketones is 1. The number of carbonyl (C=O) groups excluding carboxylic acids is 2. The lowest BCUT2D eigenvalue weighted by Gasteiger charge is -2.21. The normalized spacial score (nSPS) is 16.9. The van der Waals surface area contributed by atoms with E-state index >= 15 is 0 Å². The molecule has 1 atom stereocenters. The van der Waals surface area contributed by atoms with Gasteiger partial charge in [-0.2, -0.15) is 0 Å². The molecule has 1 aliphatic rings. The first-order chi connectivity index (χ1) is 13.6. The third kappa shape index (κ3) is 4.04. The Bertz CT molecular complexity index is 1030. The van der Waals surface area contributed by atoms with Crippen LogP contribution >= 0.6 is 11.6 Å². The van der Waals surface area contributed by atoms with Gasteiger partial charge < -0.3 is 5.32 Å². The molecule has 142 valence electrons. The second-order valence-electron chi connectivity index (χ2n) is 7.09. The molecule has 0 radical (unpaired) electrons. The Morgan fingerprint density at radius 3 is 2.82 bits per heavy atom. The van der Waals surface area contributed by atoms with E-state index in [4.69, 9.17) is 11.6 Å². The van der Waals surface area contributed by atoms with Crippen molar-refractivity contribution in [3.63, 3.8) is 0 Å². The molecule has 2 aromatic heterocycles. The summed E-state index contributed by atoms with van der Waals surface area (Å²) in [4.78, 5) is 33.5. The topological polar surface area (TPSA) is 72.0 Å². The number of carbonyl (C=O) groups is 2. The largest absolute Gasteiger partial charge is 0.341 e. The van der Waals surface area contributed by atoms with E-state index < -0.39 is 6.04 Å². The summed E-state index contributed by atoms with van der Waals surface area (Å²) in [5.74, 6) is -0.200. The van der Waals surface area contributed by atoms with Gasteiger partial charge in [0, 0.05) is 18.0 Å². The molecular formula is C22H20ClN3O2. The second kappa shape index (κ2) is 8.07. The maximum absolute atomic E-state index is 12.8. The van der Waals surface area contributed by atoms with Crippen LogP contribution in [0.3, 0.4) is 0 Å². The molecule has 2 heterocycles. The van der Waals surface area contributed by atoms with E-state index in [0.717, 1.165) is 34.9 Å². The third-order valence-corrected chi connectivity index (χ3v) is 5.30. The summed E-state index contributed by atoms with van der Waals surface area (Å²) >= 11 is 5.88. The van der Waals surface area contributed by atoms with Crippen molar-refractivity contribution in [1.29, 1.82) is 0 Å². The number of pyridine rings is 2. The number of rotatable bonds is 4. The van der Waals surface area contributed by atoms with Gasteiger partial charge in [-0.3, -0.25) is 9.59 Å². The predicted molar refractivity (Wildman–Crippen MR) is 109 cm³/mol. The lowest BCUT2D eigenvalue weighted by molar-refractivity contribution is -0.122. The summed E-state index contributed by atoms with van der Waals surface area (Å²) in [5.41, 5.74) is 3.06. The highest BCUT2D eigenvalue weighted by molar-refractivity contribution is 6.29. The minimum atomic E-state index is -0.404. The minimum absolute atomic E-state index is 0.104. The molecule has 0 aliphatic heterocycles. The molecule has 6 heteroatoms. The van der Waals surface area contributed by atoms with Gasteiger partial charge >= 0.3 is 0 Å². The molecule has 1 amide bonds. The minimum Gasteiger partial charge on any atom is -0.341 e. The molecule has 3 aromatic rings. The zero-order valence-corrected chi connectivity index (χ0v) is 16.1. The number of hydrogen-bond donors (Lipinski definition) is 1. The Balaban J connectivity index is 1.66. The van der Waals surface area contributed by atoms with Gasteiger partial charge in [-0.15, -0.1) is 0 Å². The van der Waals surface area contributed by atoms with Crippen LogP contribution < -0.4 is 5.32 Å². The molecule has 4 rings (SSSR count). The van der Waals surface area contributed by atoms with Crippen molar-refractivity contribution in [3.8, 4) is 0 Å². The van der Waals surface area contributed by atoms with Crippen LogP contribution in [-0.4, -0.2) is 27.7 Å². The van der Waals surface area contributed by atoms with Crippen LogP contribution in [0.5, 0.6) is 0 Å². The van der Waals surface area contributed by atoms with Crippen molar-refractivity contribution in [1.82, 2.24) is 15.3 Å². The number of nitrogens with one attached hydrogen (secondary N) is 1. The van der Waals surface area contributed by atoms with Gasteiger partial charge in [-0.05, 0) is 48.6 Å². The maximum atomic E-state index is 12.8. The zero-order valence-electron chi connectivity index (χ0n) is 15.3. The molecule has 1 fully saturated rings. The fourth-order valence-corrected chi connectivity index (χ4v) is 3.72. The van der Waals surface area contributed by atoms with Crippen molar-refractivity contribution in [2.75, 3.05) is 0 Å². The summed E-state index contributed by atoms with van der Waals surface area (Å²) < 4.78 is 0. The number of nitrogens with zero attached hydrogens (tertiary/aromatic N) is 2. The fourth-order valence-electron chi connectivity index (χ4n) is 3.61. The molecular weight excluding hydrogens is 374 g/mol. The van der Waals surface area contributed by atoms with E-state index in [2.05, 4.69) is 15.3 Å². The molecule has 1 saturated carbocycles. The number of amides is 1. The molecule has 1 N–H and O–H groups in total. The average Bonchev–Trinajstić information content (AvgIpc) is 2.71. The Labute approximate surface area is 168 Å². The number of hydrogen-bond acceptors (Lipinski definition) is 4. The summed E-state index contributed by atoms with van der Waals surface area (Å²) in [6.07, 6.45) is 5.43. The number of halogens is 1. The van der Waals surface area contributed by atoms with E-state index in [1.807, 2.05) is 30.3 Å². The lowest BCUT2D eigenvalue weighted by atomic mass is 9.94. The van der Waals surface area contributed by atoms with E-state index in [0.29, 0.717) is 30.1 Å². The molecule has 0 saturated heterocycles. The second-order valence-corrected chi connectivity index (χ2v) is 7.48. The average molecular weight is 394 g/mol. The number of para-hydroxylation sites is 1. The quantitative estimate of drug-likeness (QED) is 0.677. The Morgan fingerprint density at radius 1 is 1.18 bits per heavy atom. The van der Waals surface area contributed by atoms with Crippen LogP contribution in [0.15, 0.2) is 48.7 Å².